The van der Waals surface area contributed by atoms with Crippen LogP contribution in [0.25, 0.3) is 0 Å². The number of rotatable bonds is 15. The van der Waals surface area contributed by atoms with E-state index in [1.165, 1.54) is 11.8 Å². The van der Waals surface area contributed by atoms with Crippen molar-refractivity contribution in [3.05, 3.63) is 71.8 Å². The number of thioether (sulfide) groups is 1. The quantitative estimate of drug-likeness (QED) is 0.413. The molecule has 0 bridgehead atoms. The first-order valence-electron chi connectivity index (χ1n) is 10.6. The Morgan fingerprint density at radius 2 is 1.42 bits per heavy atom. The van der Waals surface area contributed by atoms with E-state index in [4.69, 9.17) is 9.47 Å². The zero-order valence-electron chi connectivity index (χ0n) is 18.0. The molecule has 0 spiro atoms. The predicted octanol–water partition coefficient (Wildman–Crippen LogP) is 3.16. The van der Waals surface area contributed by atoms with Gasteiger partial charge in [-0.05, 0) is 18.1 Å². The molecule has 1 atom stereocenters. The maximum atomic E-state index is 12.8. The third-order valence-electron chi connectivity index (χ3n) is 4.43. The van der Waals surface area contributed by atoms with Crippen LogP contribution in [-0.2, 0) is 32.2 Å². The van der Waals surface area contributed by atoms with Gasteiger partial charge in [0.1, 0.15) is 0 Å². The number of hydrogen-bond acceptors (Lipinski definition) is 5. The third kappa shape index (κ3) is 11.0. The van der Waals surface area contributed by atoms with Gasteiger partial charge in [0, 0.05) is 31.9 Å². The minimum absolute atomic E-state index is 0.122. The smallest absolute Gasteiger partial charge is 0.233 e. The Morgan fingerprint density at radius 3 is 2.03 bits per heavy atom. The van der Waals surface area contributed by atoms with Crippen LogP contribution in [0, 0.1) is 0 Å². The zero-order chi connectivity index (χ0) is 22.2. The van der Waals surface area contributed by atoms with E-state index in [0.29, 0.717) is 45.3 Å². The van der Waals surface area contributed by atoms with Gasteiger partial charge >= 0.3 is 0 Å². The summed E-state index contributed by atoms with van der Waals surface area (Å²) < 4.78 is 10.8. The molecule has 2 rings (SSSR count). The van der Waals surface area contributed by atoms with Crippen LogP contribution in [-0.4, -0.2) is 49.2 Å². The number of hydrogen-bond donors (Lipinski definition) is 2. The van der Waals surface area contributed by atoms with Gasteiger partial charge in [0.2, 0.25) is 11.8 Å². The fourth-order valence-electron chi connectivity index (χ4n) is 2.78. The van der Waals surface area contributed by atoms with E-state index in [0.717, 1.165) is 11.1 Å². The summed E-state index contributed by atoms with van der Waals surface area (Å²) in [6, 6.07) is 19.4. The number of benzene rings is 2. The lowest BCUT2D eigenvalue weighted by atomic mass is 10.2. The Bertz CT molecular complexity index is 759. The van der Waals surface area contributed by atoms with Gasteiger partial charge in [-0.25, -0.2) is 0 Å². The molecule has 0 fully saturated rings. The topological polar surface area (TPSA) is 76.7 Å². The molecule has 6 nitrogen and oxygen atoms in total. The van der Waals surface area contributed by atoms with Crippen molar-refractivity contribution in [2.45, 2.75) is 31.7 Å². The van der Waals surface area contributed by atoms with Gasteiger partial charge in [0.15, 0.2) is 0 Å². The van der Waals surface area contributed by atoms with E-state index < -0.39 is 5.25 Å². The number of carbonyl (C=O) groups is 2. The maximum absolute atomic E-state index is 12.8. The van der Waals surface area contributed by atoms with Crippen LogP contribution in [0.3, 0.4) is 0 Å². The highest BCUT2D eigenvalue weighted by Crippen LogP contribution is 2.16. The van der Waals surface area contributed by atoms with Crippen molar-refractivity contribution < 1.29 is 19.1 Å². The number of ether oxygens (including phenoxy) is 2. The Morgan fingerprint density at radius 1 is 0.839 bits per heavy atom. The summed E-state index contributed by atoms with van der Waals surface area (Å²) in [5.74, 6) is 0.341. The van der Waals surface area contributed by atoms with Crippen molar-refractivity contribution in [3.63, 3.8) is 0 Å². The summed E-state index contributed by atoms with van der Waals surface area (Å²) in [6.07, 6.45) is 0.122. The first-order valence-corrected chi connectivity index (χ1v) is 11.6. The van der Waals surface area contributed by atoms with Crippen LogP contribution in [0.1, 0.15) is 24.5 Å². The monoisotopic (exact) mass is 444 g/mol. The summed E-state index contributed by atoms with van der Waals surface area (Å²) in [7, 11) is 0. The molecule has 31 heavy (non-hydrogen) atoms. The van der Waals surface area contributed by atoms with Crippen LogP contribution in [0.2, 0.25) is 0 Å². The van der Waals surface area contributed by atoms with Gasteiger partial charge in [-0.1, -0.05) is 60.7 Å². The second-order valence-corrected chi connectivity index (χ2v) is 8.15. The van der Waals surface area contributed by atoms with E-state index in [9.17, 15) is 9.59 Å². The van der Waals surface area contributed by atoms with Crippen molar-refractivity contribution >= 4 is 23.6 Å². The van der Waals surface area contributed by atoms with Crippen molar-refractivity contribution in [1.29, 1.82) is 0 Å². The van der Waals surface area contributed by atoms with Crippen LogP contribution < -0.4 is 10.6 Å². The maximum Gasteiger partial charge on any atom is 0.233 e. The first kappa shape index (κ1) is 24.9. The van der Waals surface area contributed by atoms with Crippen LogP contribution in [0.5, 0.6) is 0 Å². The summed E-state index contributed by atoms with van der Waals surface area (Å²) in [6.45, 7) is 5.08. The standard InChI is InChI=1S/C24H32N2O4S/c1-2-29-13-14-30-15-16-31-22(24(28)26-19-21-11-7-4-8-12-21)17-23(27)25-18-20-9-5-3-6-10-20/h3-12,22H,2,13-19H2,1H3,(H,25,27)(H,26,28). The predicted molar refractivity (Wildman–Crippen MR) is 125 cm³/mol. The van der Waals surface area contributed by atoms with Gasteiger partial charge in [-0.2, -0.15) is 0 Å². The Hall–Kier alpha value is -2.35. The molecular weight excluding hydrogens is 412 g/mol. The molecule has 0 radical (unpaired) electrons. The lowest BCUT2D eigenvalue weighted by Crippen LogP contribution is -2.37. The molecule has 1 unspecified atom stereocenters. The molecule has 0 saturated heterocycles. The van der Waals surface area contributed by atoms with E-state index in [2.05, 4.69) is 10.6 Å². The second-order valence-electron chi connectivity index (χ2n) is 6.84. The summed E-state index contributed by atoms with van der Waals surface area (Å²) in [4.78, 5) is 25.2. The fraction of sp³-hybridized carbons (Fsp3) is 0.417. The third-order valence-corrected chi connectivity index (χ3v) is 5.61. The summed E-state index contributed by atoms with van der Waals surface area (Å²) >= 11 is 1.44. The fourth-order valence-corrected chi connectivity index (χ4v) is 3.78. The lowest BCUT2D eigenvalue weighted by Gasteiger charge is -2.17. The highest BCUT2D eigenvalue weighted by atomic mass is 32.2. The molecule has 2 aromatic rings. The van der Waals surface area contributed by atoms with E-state index in [-0.39, 0.29) is 18.2 Å². The Kier molecular flexibility index (Phi) is 12.4. The second kappa shape index (κ2) is 15.5. The van der Waals surface area contributed by atoms with Gasteiger partial charge in [0.05, 0.1) is 25.1 Å². The Labute approximate surface area is 189 Å². The normalized spacial score (nSPS) is 11.6. The van der Waals surface area contributed by atoms with Crippen molar-refractivity contribution in [2.24, 2.45) is 0 Å². The number of carbonyl (C=O) groups excluding carboxylic acids is 2. The van der Waals surface area contributed by atoms with Gasteiger partial charge in [0.25, 0.3) is 0 Å². The lowest BCUT2D eigenvalue weighted by molar-refractivity contribution is -0.126. The largest absolute Gasteiger partial charge is 0.379 e. The van der Waals surface area contributed by atoms with Crippen LogP contribution >= 0.6 is 11.8 Å². The van der Waals surface area contributed by atoms with Gasteiger partial charge in [-0.3, -0.25) is 9.59 Å². The highest BCUT2D eigenvalue weighted by Gasteiger charge is 2.22. The minimum Gasteiger partial charge on any atom is -0.379 e. The van der Waals surface area contributed by atoms with Crippen LogP contribution in [0.4, 0.5) is 0 Å². The molecule has 2 aromatic carbocycles. The van der Waals surface area contributed by atoms with E-state index in [1.54, 1.807) is 0 Å². The zero-order valence-corrected chi connectivity index (χ0v) is 18.9. The minimum atomic E-state index is -0.477. The average Bonchev–Trinajstić information content (AvgIpc) is 2.81. The summed E-state index contributed by atoms with van der Waals surface area (Å²) in [5, 5.41) is 5.37. The van der Waals surface area contributed by atoms with E-state index >= 15 is 0 Å². The van der Waals surface area contributed by atoms with Crippen LogP contribution in [0.15, 0.2) is 60.7 Å². The molecule has 0 aliphatic carbocycles. The molecule has 7 heteroatoms. The SMILES string of the molecule is CCOCCOCCSC(CC(=O)NCc1ccccc1)C(=O)NCc1ccccc1. The van der Waals surface area contributed by atoms with Gasteiger partial charge in [-0.15, -0.1) is 11.8 Å². The molecule has 168 valence electrons. The number of amides is 2. The van der Waals surface area contributed by atoms with Gasteiger partial charge < -0.3 is 20.1 Å². The molecule has 0 aliphatic heterocycles. The molecule has 0 aromatic heterocycles. The van der Waals surface area contributed by atoms with Crippen molar-refractivity contribution in [1.82, 2.24) is 10.6 Å². The van der Waals surface area contributed by atoms with Crippen molar-refractivity contribution in [3.8, 4) is 0 Å². The van der Waals surface area contributed by atoms with E-state index in [1.807, 2.05) is 67.6 Å². The molecule has 0 aliphatic rings. The average molecular weight is 445 g/mol. The first-order chi connectivity index (χ1) is 15.2. The number of nitrogens with one attached hydrogen (secondary N) is 2. The summed E-state index contributed by atoms with van der Waals surface area (Å²) in [5.41, 5.74) is 2.05. The highest BCUT2D eigenvalue weighted by molar-refractivity contribution is 8.00. The van der Waals surface area contributed by atoms with Crippen molar-refractivity contribution in [2.75, 3.05) is 32.2 Å². The molecule has 0 heterocycles. The molecule has 2 N–H and O–H groups in total. The Balaban J connectivity index is 1.81. The molecule has 0 saturated carbocycles. The molecular formula is C24H32N2O4S. The molecule has 2 amide bonds.